The van der Waals surface area contributed by atoms with Crippen molar-refractivity contribution >= 4 is 11.8 Å². The molecular formula is C26H41NO3. The molecule has 30 heavy (non-hydrogen) atoms. The molecule has 0 N–H and O–H groups in total. The van der Waals surface area contributed by atoms with Crippen LogP contribution in [0.4, 0.5) is 0 Å². The normalized spacial score (nSPS) is 49.1. The molecule has 0 aromatic heterocycles. The summed E-state index contributed by atoms with van der Waals surface area (Å²) in [7, 11) is 0. The summed E-state index contributed by atoms with van der Waals surface area (Å²) >= 11 is 0. The zero-order valence-corrected chi connectivity index (χ0v) is 19.3. The number of fused-ring (bicyclic) bond motifs is 5. The van der Waals surface area contributed by atoms with Gasteiger partial charge in [-0.15, -0.1) is 0 Å². The monoisotopic (exact) mass is 415 g/mol. The molecular weight excluding hydrogens is 374 g/mol. The summed E-state index contributed by atoms with van der Waals surface area (Å²) in [5, 5.41) is 0. The zero-order chi connectivity index (χ0) is 21.1. The number of carbonyl (C=O) groups excluding carboxylic acids is 2. The van der Waals surface area contributed by atoms with Crippen molar-refractivity contribution in [3.63, 3.8) is 0 Å². The van der Waals surface area contributed by atoms with Crippen LogP contribution in [-0.2, 0) is 14.3 Å². The Balaban J connectivity index is 1.35. The molecule has 5 fully saturated rings. The molecule has 1 heterocycles. The topological polar surface area (TPSA) is 46.6 Å². The smallest absolute Gasteiger partial charge is 0.302 e. The number of piperidine rings is 1. The van der Waals surface area contributed by atoms with Crippen molar-refractivity contribution in [1.29, 1.82) is 0 Å². The average molecular weight is 416 g/mol. The summed E-state index contributed by atoms with van der Waals surface area (Å²) in [4.78, 5) is 27.7. The first kappa shape index (κ1) is 21.0. The van der Waals surface area contributed by atoms with E-state index in [4.69, 9.17) is 4.74 Å². The first-order chi connectivity index (χ1) is 14.3. The van der Waals surface area contributed by atoms with Gasteiger partial charge in [-0.3, -0.25) is 14.5 Å². The van der Waals surface area contributed by atoms with Crippen LogP contribution < -0.4 is 0 Å². The molecule has 0 radical (unpaired) electrons. The Morgan fingerprint density at radius 1 is 0.967 bits per heavy atom. The van der Waals surface area contributed by atoms with Gasteiger partial charge in [-0.25, -0.2) is 0 Å². The van der Waals surface area contributed by atoms with Crippen LogP contribution in [0.1, 0.15) is 91.4 Å². The highest BCUT2D eigenvalue weighted by Crippen LogP contribution is 2.65. The predicted octanol–water partition coefficient (Wildman–Crippen LogP) is 4.99. The van der Waals surface area contributed by atoms with Gasteiger partial charge in [0.2, 0.25) is 0 Å². The second-order valence-electron chi connectivity index (χ2n) is 11.8. The molecule has 0 amide bonds. The molecule has 1 aliphatic heterocycles. The summed E-state index contributed by atoms with van der Waals surface area (Å²) in [6.07, 6.45) is 13.2. The molecule has 0 bridgehead atoms. The van der Waals surface area contributed by atoms with Crippen molar-refractivity contribution in [2.75, 3.05) is 13.1 Å². The van der Waals surface area contributed by atoms with E-state index in [0.29, 0.717) is 29.0 Å². The van der Waals surface area contributed by atoms with Crippen LogP contribution in [0.2, 0.25) is 0 Å². The molecule has 1 saturated heterocycles. The van der Waals surface area contributed by atoms with Crippen molar-refractivity contribution in [3.8, 4) is 0 Å². The lowest BCUT2D eigenvalue weighted by molar-refractivity contribution is -0.160. The molecule has 5 rings (SSSR count). The first-order valence-electron chi connectivity index (χ1n) is 12.8. The van der Waals surface area contributed by atoms with Crippen LogP contribution in [0, 0.1) is 34.5 Å². The molecule has 8 atom stereocenters. The van der Waals surface area contributed by atoms with Crippen LogP contribution in [0.25, 0.3) is 0 Å². The summed E-state index contributed by atoms with van der Waals surface area (Å²) < 4.78 is 5.61. The third-order valence-corrected chi connectivity index (χ3v) is 10.5. The van der Waals surface area contributed by atoms with E-state index in [0.717, 1.165) is 44.7 Å². The number of hydrogen-bond acceptors (Lipinski definition) is 4. The van der Waals surface area contributed by atoms with Crippen LogP contribution in [0.15, 0.2) is 0 Å². The third-order valence-electron chi connectivity index (χ3n) is 10.5. The maximum atomic E-state index is 13.7. The molecule has 4 nitrogen and oxygen atoms in total. The van der Waals surface area contributed by atoms with Gasteiger partial charge in [0, 0.05) is 12.3 Å². The predicted molar refractivity (Wildman–Crippen MR) is 117 cm³/mol. The van der Waals surface area contributed by atoms with E-state index in [2.05, 4.69) is 18.7 Å². The third kappa shape index (κ3) is 3.19. The molecule has 0 aromatic carbocycles. The van der Waals surface area contributed by atoms with Gasteiger partial charge in [-0.05, 0) is 106 Å². The van der Waals surface area contributed by atoms with Crippen molar-refractivity contribution < 1.29 is 14.3 Å². The van der Waals surface area contributed by atoms with E-state index < -0.39 is 0 Å². The fraction of sp³-hybridized carbons (Fsp3) is 0.923. The SMILES string of the molecule is CC(=O)O[C@@H]1CC[C@@]2(C)[C@@H](CC[C@@H]3[C@H]2CC[C@]2(C)C(=O)[C@H](N4CCCCC4)C[C@H]32)C1. The Hall–Kier alpha value is -0.900. The van der Waals surface area contributed by atoms with Crippen LogP contribution in [0.5, 0.6) is 0 Å². The summed E-state index contributed by atoms with van der Waals surface area (Å²) in [5.74, 6) is 3.18. The van der Waals surface area contributed by atoms with Crippen molar-refractivity contribution in [3.05, 3.63) is 0 Å². The minimum Gasteiger partial charge on any atom is -0.463 e. The largest absolute Gasteiger partial charge is 0.463 e. The second kappa shape index (κ2) is 7.60. The maximum absolute atomic E-state index is 13.7. The first-order valence-corrected chi connectivity index (χ1v) is 12.8. The Labute approximate surface area is 182 Å². The van der Waals surface area contributed by atoms with Gasteiger partial charge in [0.1, 0.15) is 6.10 Å². The number of rotatable bonds is 2. The van der Waals surface area contributed by atoms with Crippen LogP contribution >= 0.6 is 0 Å². The number of Topliss-reactive ketones (excluding diaryl/α,β-unsaturated/α-hetero) is 1. The van der Waals surface area contributed by atoms with E-state index in [1.807, 2.05) is 0 Å². The van der Waals surface area contributed by atoms with Gasteiger partial charge in [0.15, 0.2) is 5.78 Å². The van der Waals surface area contributed by atoms with Gasteiger partial charge in [0.05, 0.1) is 6.04 Å². The number of ketones is 1. The lowest BCUT2D eigenvalue weighted by Crippen LogP contribution is -2.54. The second-order valence-corrected chi connectivity index (χ2v) is 11.8. The standard InChI is InChI=1S/C26H41NO3/c1-17(28)30-19-9-11-25(2)18(15-19)7-8-20-21(25)10-12-26(3)22(20)16-23(24(26)29)27-13-5-4-6-14-27/h18-23H,4-16H2,1-3H3/t18-,19+,20+,21+,22+,23+,25-,26-/m0/s1. The quantitative estimate of drug-likeness (QED) is 0.596. The van der Waals surface area contributed by atoms with Gasteiger partial charge < -0.3 is 4.74 Å². The fourth-order valence-electron chi connectivity index (χ4n) is 8.89. The Morgan fingerprint density at radius 2 is 1.73 bits per heavy atom. The Bertz CT molecular complexity index is 700. The van der Waals surface area contributed by atoms with Gasteiger partial charge >= 0.3 is 5.97 Å². The Kier molecular flexibility index (Phi) is 5.31. The molecule has 0 spiro atoms. The molecule has 5 aliphatic rings. The molecule has 0 unspecified atom stereocenters. The minimum absolute atomic E-state index is 0.0819. The van der Waals surface area contributed by atoms with Crippen molar-refractivity contribution in [2.45, 2.75) is 104 Å². The van der Waals surface area contributed by atoms with Gasteiger partial charge in [-0.1, -0.05) is 20.3 Å². The summed E-state index contributed by atoms with van der Waals surface area (Å²) in [6, 6.07) is 0.198. The average Bonchev–Trinajstić information content (AvgIpc) is 3.00. The van der Waals surface area contributed by atoms with Gasteiger partial charge in [0.25, 0.3) is 0 Å². The maximum Gasteiger partial charge on any atom is 0.302 e. The van der Waals surface area contributed by atoms with Crippen molar-refractivity contribution in [2.24, 2.45) is 34.5 Å². The van der Waals surface area contributed by atoms with Crippen LogP contribution in [0.3, 0.4) is 0 Å². The number of nitrogens with zero attached hydrogens (tertiary/aromatic N) is 1. The summed E-state index contributed by atoms with van der Waals surface area (Å²) in [5.41, 5.74) is 0.286. The van der Waals surface area contributed by atoms with E-state index in [9.17, 15) is 9.59 Å². The molecule has 4 heteroatoms. The highest BCUT2D eigenvalue weighted by molar-refractivity contribution is 5.92. The zero-order valence-electron chi connectivity index (χ0n) is 19.3. The van der Waals surface area contributed by atoms with E-state index in [-0.39, 0.29) is 23.5 Å². The molecule has 4 saturated carbocycles. The minimum atomic E-state index is -0.126. The number of likely N-dealkylation sites (tertiary alicyclic amines) is 1. The Morgan fingerprint density at radius 3 is 2.47 bits per heavy atom. The number of hydrogen-bond donors (Lipinski definition) is 0. The highest BCUT2D eigenvalue weighted by atomic mass is 16.5. The molecule has 4 aliphatic carbocycles. The lowest BCUT2D eigenvalue weighted by atomic mass is 9.45. The van der Waals surface area contributed by atoms with E-state index >= 15 is 0 Å². The van der Waals surface area contributed by atoms with E-state index in [1.54, 1.807) is 6.92 Å². The molecule has 0 aromatic rings. The number of carbonyl (C=O) groups is 2. The lowest BCUT2D eigenvalue weighted by Gasteiger charge is -2.60. The highest BCUT2D eigenvalue weighted by Gasteiger charge is 2.63. The number of esters is 1. The molecule has 168 valence electrons. The fourth-order valence-corrected chi connectivity index (χ4v) is 8.89. The van der Waals surface area contributed by atoms with Crippen LogP contribution in [-0.4, -0.2) is 41.9 Å². The number of ether oxygens (including phenoxy) is 1. The summed E-state index contributed by atoms with van der Waals surface area (Å²) in [6.45, 7) is 8.67. The van der Waals surface area contributed by atoms with Gasteiger partial charge in [-0.2, -0.15) is 0 Å². The van der Waals surface area contributed by atoms with E-state index in [1.165, 1.54) is 44.9 Å². The van der Waals surface area contributed by atoms with Crippen molar-refractivity contribution in [1.82, 2.24) is 4.90 Å².